The van der Waals surface area contributed by atoms with Crippen LogP contribution in [0.4, 0.5) is 18.0 Å². The van der Waals surface area contributed by atoms with Gasteiger partial charge in [0.2, 0.25) is 0 Å². The van der Waals surface area contributed by atoms with Crippen molar-refractivity contribution in [1.29, 1.82) is 0 Å². The highest BCUT2D eigenvalue weighted by atomic mass is 35.5. The normalized spacial score (nSPS) is 25.2. The van der Waals surface area contributed by atoms with Crippen molar-refractivity contribution >= 4 is 33.3 Å². The summed E-state index contributed by atoms with van der Waals surface area (Å²) in [6.45, 7) is 0.783. The van der Waals surface area contributed by atoms with Gasteiger partial charge in [-0.25, -0.2) is 13.2 Å². The van der Waals surface area contributed by atoms with Crippen LogP contribution >= 0.6 is 11.6 Å². The second-order valence-corrected chi connectivity index (χ2v) is 10.7. The van der Waals surface area contributed by atoms with Gasteiger partial charge in [-0.1, -0.05) is 11.6 Å². The van der Waals surface area contributed by atoms with E-state index in [1.165, 1.54) is 4.90 Å². The number of ether oxygens (including phenoxy) is 1. The fourth-order valence-electron chi connectivity index (χ4n) is 4.23. The molecule has 0 unspecified atom stereocenters. The SMILES string of the molecule is O=C1CO[C@H]2CCN(C(=O)N3CC(S(=O)(=O)c4ccc(C(F)(F)F)cc4Cl)C3)C[C@H]2C1. The molecule has 1 aromatic rings. The lowest BCUT2D eigenvalue weighted by atomic mass is 9.88. The predicted octanol–water partition coefficient (Wildman–Crippen LogP) is 2.62. The largest absolute Gasteiger partial charge is 0.416 e. The summed E-state index contributed by atoms with van der Waals surface area (Å²) in [6.07, 6.45) is -3.71. The molecule has 3 aliphatic heterocycles. The fourth-order valence-corrected chi connectivity index (χ4v) is 6.43. The molecule has 4 rings (SSSR count). The van der Waals surface area contributed by atoms with Gasteiger partial charge >= 0.3 is 12.2 Å². The van der Waals surface area contributed by atoms with Gasteiger partial charge in [0.25, 0.3) is 0 Å². The molecule has 0 spiro atoms. The summed E-state index contributed by atoms with van der Waals surface area (Å²) in [4.78, 5) is 27.0. The number of carbonyl (C=O) groups excluding carboxylic acids is 2. The number of piperidine rings is 1. The van der Waals surface area contributed by atoms with Crippen molar-refractivity contribution in [2.45, 2.75) is 35.3 Å². The summed E-state index contributed by atoms with van der Waals surface area (Å²) < 4.78 is 69.5. The molecule has 2 atom stereocenters. The Hall–Kier alpha value is -1.85. The van der Waals surface area contributed by atoms with Crippen molar-refractivity contribution in [3.05, 3.63) is 28.8 Å². The number of rotatable bonds is 2. The maximum absolute atomic E-state index is 12.8. The topological polar surface area (TPSA) is 84.0 Å². The van der Waals surface area contributed by atoms with E-state index in [4.69, 9.17) is 16.3 Å². The Balaban J connectivity index is 1.39. The quantitative estimate of drug-likeness (QED) is 0.649. The van der Waals surface area contributed by atoms with E-state index in [1.807, 2.05) is 0 Å². The number of sulfone groups is 1. The molecular weight excluding hydrogens is 461 g/mol. The molecule has 3 aliphatic rings. The number of likely N-dealkylation sites (tertiary alicyclic amines) is 2. The summed E-state index contributed by atoms with van der Waals surface area (Å²) in [6, 6.07) is 1.81. The minimum atomic E-state index is -4.63. The Morgan fingerprint density at radius 3 is 2.52 bits per heavy atom. The zero-order valence-electron chi connectivity index (χ0n) is 16.3. The lowest BCUT2D eigenvalue weighted by Crippen LogP contribution is -2.62. The Kier molecular flexibility index (Phi) is 5.72. The summed E-state index contributed by atoms with van der Waals surface area (Å²) >= 11 is 5.84. The van der Waals surface area contributed by atoms with Crippen LogP contribution in [0, 0.1) is 5.92 Å². The molecule has 7 nitrogen and oxygen atoms in total. The molecule has 0 aliphatic carbocycles. The van der Waals surface area contributed by atoms with Crippen LogP contribution in [0.1, 0.15) is 18.4 Å². The van der Waals surface area contributed by atoms with Gasteiger partial charge in [0, 0.05) is 38.5 Å². The van der Waals surface area contributed by atoms with Gasteiger partial charge in [0.15, 0.2) is 15.6 Å². The Morgan fingerprint density at radius 1 is 1.16 bits per heavy atom. The molecule has 1 aromatic carbocycles. The van der Waals surface area contributed by atoms with E-state index >= 15 is 0 Å². The summed E-state index contributed by atoms with van der Waals surface area (Å²) in [5.41, 5.74) is -1.03. The van der Waals surface area contributed by atoms with Gasteiger partial charge in [0.1, 0.15) is 11.9 Å². The minimum Gasteiger partial charge on any atom is -0.370 e. The third-order valence-corrected chi connectivity index (χ3v) is 8.58. The number of hydrogen-bond donors (Lipinski definition) is 0. The summed E-state index contributed by atoms with van der Waals surface area (Å²) in [5, 5.41) is -1.44. The number of benzene rings is 1. The van der Waals surface area contributed by atoms with Gasteiger partial charge < -0.3 is 14.5 Å². The maximum Gasteiger partial charge on any atom is 0.416 e. The van der Waals surface area contributed by atoms with Crippen LogP contribution < -0.4 is 0 Å². The molecule has 2 amide bonds. The van der Waals surface area contributed by atoms with Crippen LogP contribution in [0.2, 0.25) is 5.02 Å². The third kappa shape index (κ3) is 4.27. The highest BCUT2D eigenvalue weighted by Crippen LogP contribution is 2.36. The average molecular weight is 481 g/mol. The number of nitrogens with zero attached hydrogens (tertiary/aromatic N) is 2. The Bertz CT molecular complexity index is 1010. The second kappa shape index (κ2) is 7.93. The lowest BCUT2D eigenvalue weighted by Gasteiger charge is -2.45. The number of ketones is 1. The first-order valence-electron chi connectivity index (χ1n) is 9.74. The predicted molar refractivity (Wildman–Crippen MR) is 103 cm³/mol. The first kappa shape index (κ1) is 22.3. The van der Waals surface area contributed by atoms with Crippen molar-refractivity contribution in [3.8, 4) is 0 Å². The first-order valence-corrected chi connectivity index (χ1v) is 11.7. The van der Waals surface area contributed by atoms with Crippen LogP contribution in [0.15, 0.2) is 23.1 Å². The zero-order valence-corrected chi connectivity index (χ0v) is 17.8. The van der Waals surface area contributed by atoms with E-state index in [0.29, 0.717) is 38.1 Å². The van der Waals surface area contributed by atoms with Crippen LogP contribution in [0.5, 0.6) is 0 Å². The van der Waals surface area contributed by atoms with Crippen molar-refractivity contribution in [3.63, 3.8) is 0 Å². The maximum atomic E-state index is 12.8. The number of carbonyl (C=O) groups is 2. The van der Waals surface area contributed by atoms with E-state index in [0.717, 1.165) is 6.07 Å². The lowest BCUT2D eigenvalue weighted by molar-refractivity contribution is -0.140. The molecule has 12 heteroatoms. The second-order valence-electron chi connectivity index (χ2n) is 8.08. The average Bonchev–Trinajstić information content (AvgIpc) is 2.64. The van der Waals surface area contributed by atoms with Crippen LogP contribution in [-0.4, -0.2) is 74.2 Å². The molecule has 3 saturated heterocycles. The van der Waals surface area contributed by atoms with E-state index in [-0.39, 0.29) is 48.4 Å². The Morgan fingerprint density at radius 2 is 1.87 bits per heavy atom. The van der Waals surface area contributed by atoms with Crippen LogP contribution in [0.3, 0.4) is 0 Å². The van der Waals surface area contributed by atoms with Crippen LogP contribution in [0.25, 0.3) is 0 Å². The number of urea groups is 1. The molecular formula is C19H20ClF3N2O5S. The first-order chi connectivity index (χ1) is 14.5. The zero-order chi connectivity index (χ0) is 22.6. The number of hydrogen-bond acceptors (Lipinski definition) is 5. The van der Waals surface area contributed by atoms with Crippen molar-refractivity contribution in [2.75, 3.05) is 32.8 Å². The standard InChI is InChI=1S/C19H20ClF3N2O5S/c20-15-6-12(19(21,22)23)1-2-17(15)31(28,29)14-8-25(9-14)18(27)24-4-3-16-11(7-24)5-13(26)10-30-16/h1-2,6,11,14,16H,3-5,7-10H2/t11-,16+/m1/s1. The molecule has 0 aromatic heterocycles. The number of Topliss-reactive ketones (excluding diaryl/α,β-unsaturated/α-hetero) is 1. The van der Waals surface area contributed by atoms with Gasteiger partial charge in [-0.05, 0) is 24.6 Å². The smallest absolute Gasteiger partial charge is 0.370 e. The number of halogens is 4. The van der Waals surface area contributed by atoms with Crippen LogP contribution in [-0.2, 0) is 25.5 Å². The monoisotopic (exact) mass is 480 g/mol. The number of fused-ring (bicyclic) bond motifs is 1. The molecule has 0 N–H and O–H groups in total. The molecule has 3 heterocycles. The van der Waals surface area contributed by atoms with Crippen molar-refractivity contribution < 1.29 is 35.9 Å². The third-order valence-electron chi connectivity index (χ3n) is 6.01. The molecule has 3 fully saturated rings. The number of alkyl halides is 3. The summed E-state index contributed by atoms with van der Waals surface area (Å²) in [5.74, 6) is -0.0650. The highest BCUT2D eigenvalue weighted by molar-refractivity contribution is 7.92. The Labute approximate surface area is 182 Å². The van der Waals surface area contributed by atoms with Crippen molar-refractivity contribution in [2.24, 2.45) is 5.92 Å². The van der Waals surface area contributed by atoms with Gasteiger partial charge in [-0.15, -0.1) is 0 Å². The van der Waals surface area contributed by atoms with E-state index in [1.54, 1.807) is 4.90 Å². The fraction of sp³-hybridized carbons (Fsp3) is 0.579. The molecule has 170 valence electrons. The minimum absolute atomic E-state index is 0.000855. The van der Waals surface area contributed by atoms with E-state index in [9.17, 15) is 31.2 Å². The van der Waals surface area contributed by atoms with Gasteiger partial charge in [-0.3, -0.25) is 4.79 Å². The van der Waals surface area contributed by atoms with Gasteiger partial charge in [-0.2, -0.15) is 13.2 Å². The van der Waals surface area contributed by atoms with Crippen molar-refractivity contribution in [1.82, 2.24) is 9.80 Å². The van der Waals surface area contributed by atoms with E-state index < -0.39 is 31.8 Å². The van der Waals surface area contributed by atoms with Gasteiger partial charge in [0.05, 0.1) is 21.6 Å². The number of amides is 2. The highest BCUT2D eigenvalue weighted by Gasteiger charge is 2.45. The molecule has 0 saturated carbocycles. The van der Waals surface area contributed by atoms with E-state index in [2.05, 4.69) is 0 Å². The summed E-state index contributed by atoms with van der Waals surface area (Å²) in [7, 11) is -3.99. The molecule has 0 bridgehead atoms. The molecule has 0 radical (unpaired) electrons. The molecule has 31 heavy (non-hydrogen) atoms.